The molecule has 9 nitrogen and oxygen atoms in total. The normalized spacial score (nSPS) is 17.6. The van der Waals surface area contributed by atoms with E-state index in [-0.39, 0.29) is 5.91 Å². The number of piperazine rings is 1. The van der Waals surface area contributed by atoms with Gasteiger partial charge in [0.2, 0.25) is 11.0 Å². The van der Waals surface area contributed by atoms with Crippen molar-refractivity contribution in [2.75, 3.05) is 60.9 Å². The second-order valence-electron chi connectivity index (χ2n) is 7.61. The highest BCUT2D eigenvalue weighted by atomic mass is 32.1. The Kier molecular flexibility index (Phi) is 5.41. The van der Waals surface area contributed by atoms with Gasteiger partial charge in [0.15, 0.2) is 11.6 Å². The van der Waals surface area contributed by atoms with Crippen LogP contribution >= 0.6 is 11.3 Å². The summed E-state index contributed by atoms with van der Waals surface area (Å²) in [6.45, 7) is 5.67. The first-order valence-electron chi connectivity index (χ1n) is 10.3. The van der Waals surface area contributed by atoms with E-state index in [1.54, 1.807) is 5.51 Å². The maximum atomic E-state index is 12.2. The van der Waals surface area contributed by atoms with Gasteiger partial charge in [0.25, 0.3) is 0 Å². The summed E-state index contributed by atoms with van der Waals surface area (Å²) in [6, 6.07) is 8.06. The minimum atomic E-state index is -0.0524. The first kappa shape index (κ1) is 19.1. The summed E-state index contributed by atoms with van der Waals surface area (Å²) in [7, 11) is 0. The lowest BCUT2D eigenvalue weighted by molar-refractivity contribution is -0.117. The Balaban J connectivity index is 1.29. The molecule has 0 atom stereocenters. The van der Waals surface area contributed by atoms with E-state index in [4.69, 9.17) is 9.97 Å². The van der Waals surface area contributed by atoms with Crippen molar-refractivity contribution in [2.24, 2.45) is 0 Å². The van der Waals surface area contributed by atoms with Gasteiger partial charge in [0.05, 0.1) is 17.6 Å². The smallest absolute Gasteiger partial charge is 0.240 e. The molecule has 5 rings (SSSR count). The van der Waals surface area contributed by atoms with Gasteiger partial charge < -0.3 is 9.80 Å². The van der Waals surface area contributed by atoms with Crippen LogP contribution in [-0.2, 0) is 4.79 Å². The largest absolute Gasteiger partial charge is 0.354 e. The number of amides is 1. The highest BCUT2D eigenvalue weighted by Crippen LogP contribution is 2.31. The number of benzene rings is 1. The molecule has 0 saturated carbocycles. The average Bonchev–Trinajstić information content (AvgIpc) is 3.48. The van der Waals surface area contributed by atoms with Crippen molar-refractivity contribution in [3.63, 3.8) is 0 Å². The fourth-order valence-electron chi connectivity index (χ4n) is 4.04. The van der Waals surface area contributed by atoms with E-state index in [0.717, 1.165) is 61.9 Å². The molecule has 1 amide bonds. The van der Waals surface area contributed by atoms with Crippen LogP contribution in [0.4, 0.5) is 16.8 Å². The van der Waals surface area contributed by atoms with Crippen LogP contribution in [0.15, 0.2) is 29.8 Å². The van der Waals surface area contributed by atoms with Crippen molar-refractivity contribution in [2.45, 2.75) is 12.8 Å². The monoisotopic (exact) mass is 424 g/mol. The fraction of sp³-hybridized carbons (Fsp3) is 0.450. The van der Waals surface area contributed by atoms with E-state index in [9.17, 15) is 4.79 Å². The molecule has 30 heavy (non-hydrogen) atoms. The van der Waals surface area contributed by atoms with Gasteiger partial charge in [-0.05, 0) is 25.0 Å². The van der Waals surface area contributed by atoms with Crippen molar-refractivity contribution >= 4 is 45.0 Å². The quantitative estimate of drug-likeness (QED) is 0.664. The van der Waals surface area contributed by atoms with Crippen molar-refractivity contribution < 1.29 is 4.79 Å². The molecular weight excluding hydrogens is 400 g/mol. The molecule has 10 heteroatoms. The van der Waals surface area contributed by atoms with Crippen LogP contribution in [0.3, 0.4) is 0 Å². The van der Waals surface area contributed by atoms with Gasteiger partial charge in [0.1, 0.15) is 5.51 Å². The molecule has 2 aromatic heterocycles. The molecule has 0 unspecified atom stereocenters. The molecule has 0 bridgehead atoms. The molecule has 0 aliphatic carbocycles. The van der Waals surface area contributed by atoms with Crippen LogP contribution in [0.25, 0.3) is 11.0 Å². The molecule has 0 radical (unpaired) electrons. The summed E-state index contributed by atoms with van der Waals surface area (Å²) in [6.07, 6.45) is 2.40. The lowest BCUT2D eigenvalue weighted by Gasteiger charge is -2.36. The van der Waals surface area contributed by atoms with E-state index in [2.05, 4.69) is 30.2 Å². The number of nitrogens with one attached hydrogen (secondary N) is 1. The van der Waals surface area contributed by atoms with Crippen LogP contribution in [0.5, 0.6) is 0 Å². The van der Waals surface area contributed by atoms with Gasteiger partial charge in [-0.3, -0.25) is 15.0 Å². The molecule has 4 heterocycles. The van der Waals surface area contributed by atoms with E-state index in [1.165, 1.54) is 24.2 Å². The second kappa shape index (κ2) is 8.49. The summed E-state index contributed by atoms with van der Waals surface area (Å²) in [4.78, 5) is 29.0. The SMILES string of the molecule is O=C(CN1CCN(c2nc3ccccc3nc2N2CCCC2)CC1)Nc1nncs1. The zero-order valence-corrected chi connectivity index (χ0v) is 17.5. The molecule has 1 aromatic carbocycles. The van der Waals surface area contributed by atoms with Crippen molar-refractivity contribution in [3.05, 3.63) is 29.8 Å². The minimum absolute atomic E-state index is 0.0524. The van der Waals surface area contributed by atoms with Crippen molar-refractivity contribution in [1.29, 1.82) is 0 Å². The number of nitrogens with zero attached hydrogens (tertiary/aromatic N) is 7. The van der Waals surface area contributed by atoms with Gasteiger partial charge in [-0.15, -0.1) is 10.2 Å². The second-order valence-corrected chi connectivity index (χ2v) is 8.44. The lowest BCUT2D eigenvalue weighted by Crippen LogP contribution is -2.49. The third-order valence-corrected chi connectivity index (χ3v) is 6.19. The predicted octanol–water partition coefficient (Wildman–Crippen LogP) is 1.84. The third-order valence-electron chi connectivity index (χ3n) is 5.59. The number of fused-ring (bicyclic) bond motifs is 1. The van der Waals surface area contributed by atoms with Crippen LogP contribution in [0.1, 0.15) is 12.8 Å². The van der Waals surface area contributed by atoms with Crippen LogP contribution in [-0.4, -0.2) is 76.8 Å². The average molecular weight is 425 g/mol. The number of para-hydroxylation sites is 2. The maximum Gasteiger partial charge on any atom is 0.240 e. The Morgan fingerprint density at radius 2 is 1.57 bits per heavy atom. The molecule has 0 spiro atoms. The lowest BCUT2D eigenvalue weighted by atomic mass is 10.2. The van der Waals surface area contributed by atoms with Crippen LogP contribution in [0.2, 0.25) is 0 Å². The Labute approximate surface area is 178 Å². The Morgan fingerprint density at radius 3 is 2.17 bits per heavy atom. The van der Waals surface area contributed by atoms with E-state index in [0.29, 0.717) is 11.7 Å². The van der Waals surface area contributed by atoms with Gasteiger partial charge in [-0.2, -0.15) is 0 Å². The molecular formula is C20H24N8OS. The first-order valence-corrected chi connectivity index (χ1v) is 11.2. The molecule has 3 aromatic rings. The number of carbonyl (C=O) groups excluding carboxylic acids is 1. The summed E-state index contributed by atoms with van der Waals surface area (Å²) >= 11 is 1.32. The number of anilines is 3. The Bertz CT molecular complexity index is 1010. The molecule has 2 aliphatic heterocycles. The molecule has 156 valence electrons. The third kappa shape index (κ3) is 4.05. The number of aromatic nitrogens is 4. The summed E-state index contributed by atoms with van der Waals surface area (Å²) < 4.78 is 0. The highest BCUT2D eigenvalue weighted by molar-refractivity contribution is 7.13. The van der Waals surface area contributed by atoms with E-state index < -0.39 is 0 Å². The number of hydrogen-bond donors (Lipinski definition) is 1. The van der Waals surface area contributed by atoms with Crippen LogP contribution < -0.4 is 15.1 Å². The van der Waals surface area contributed by atoms with Crippen molar-refractivity contribution in [3.8, 4) is 0 Å². The van der Waals surface area contributed by atoms with Gasteiger partial charge >= 0.3 is 0 Å². The van der Waals surface area contributed by atoms with E-state index in [1.807, 2.05) is 24.3 Å². The Hall–Kier alpha value is -2.85. The standard InChI is InChI=1S/C20H24N8OS/c29-17(24-20-25-21-14-30-20)13-26-9-11-28(12-10-26)19-18(27-7-3-4-8-27)22-15-5-1-2-6-16(15)23-19/h1-2,5-6,14H,3-4,7-13H2,(H,24,25,29). The molecule has 2 aliphatic rings. The maximum absolute atomic E-state index is 12.2. The molecule has 2 saturated heterocycles. The number of carbonyl (C=O) groups is 1. The zero-order valence-electron chi connectivity index (χ0n) is 16.7. The topological polar surface area (TPSA) is 90.4 Å². The highest BCUT2D eigenvalue weighted by Gasteiger charge is 2.26. The van der Waals surface area contributed by atoms with Gasteiger partial charge in [0, 0.05) is 39.3 Å². The summed E-state index contributed by atoms with van der Waals surface area (Å²) in [5.41, 5.74) is 3.47. The van der Waals surface area contributed by atoms with Crippen LogP contribution in [0, 0.1) is 0 Å². The fourth-order valence-corrected chi connectivity index (χ4v) is 4.50. The molecule has 1 N–H and O–H groups in total. The zero-order chi connectivity index (χ0) is 20.3. The number of hydrogen-bond acceptors (Lipinski definition) is 9. The van der Waals surface area contributed by atoms with Gasteiger partial charge in [-0.1, -0.05) is 23.5 Å². The molecule has 2 fully saturated rings. The minimum Gasteiger partial charge on any atom is -0.354 e. The summed E-state index contributed by atoms with van der Waals surface area (Å²) in [5.74, 6) is 1.91. The van der Waals surface area contributed by atoms with E-state index >= 15 is 0 Å². The summed E-state index contributed by atoms with van der Waals surface area (Å²) in [5, 5.41) is 11.0. The first-order chi connectivity index (χ1) is 14.8. The predicted molar refractivity (Wildman–Crippen MR) is 118 cm³/mol. The van der Waals surface area contributed by atoms with Crippen molar-refractivity contribution in [1.82, 2.24) is 25.1 Å². The van der Waals surface area contributed by atoms with Gasteiger partial charge in [-0.25, -0.2) is 9.97 Å². The number of rotatable bonds is 5. The Morgan fingerprint density at radius 1 is 0.933 bits per heavy atom.